The summed E-state index contributed by atoms with van der Waals surface area (Å²) >= 11 is 13.0. The molecule has 0 aromatic carbocycles. The molecule has 2 heterocycles. The summed E-state index contributed by atoms with van der Waals surface area (Å²) in [4.78, 5) is 8.38. The number of anilines is 1. The smallest absolute Gasteiger partial charge is 0.202 e. The second-order valence-corrected chi connectivity index (χ2v) is 4.53. The van der Waals surface area contributed by atoms with E-state index in [-0.39, 0.29) is 0 Å². The van der Waals surface area contributed by atoms with Gasteiger partial charge in [0.2, 0.25) is 5.13 Å². The molecule has 1 N–H and O–H groups in total. The van der Waals surface area contributed by atoms with Gasteiger partial charge in [0.05, 0.1) is 10.0 Å². The van der Waals surface area contributed by atoms with E-state index in [1.165, 1.54) is 17.7 Å². The van der Waals surface area contributed by atoms with E-state index in [2.05, 4.69) is 19.7 Å². The Bertz CT molecular complexity index is 500. The van der Waals surface area contributed by atoms with Gasteiger partial charge >= 0.3 is 0 Å². The quantitative estimate of drug-likeness (QED) is 0.933. The van der Waals surface area contributed by atoms with Crippen molar-refractivity contribution in [3.05, 3.63) is 22.3 Å². The third kappa shape index (κ3) is 2.42. The van der Waals surface area contributed by atoms with Crippen LogP contribution in [-0.2, 0) is 0 Å². The van der Waals surface area contributed by atoms with Gasteiger partial charge in [0, 0.05) is 24.3 Å². The van der Waals surface area contributed by atoms with Gasteiger partial charge in [0.15, 0.2) is 5.82 Å². The van der Waals surface area contributed by atoms with Gasteiger partial charge in [-0.1, -0.05) is 23.2 Å². The number of hydrogen-bond acceptors (Lipinski definition) is 5. The molecule has 0 amide bonds. The molecule has 0 saturated heterocycles. The van der Waals surface area contributed by atoms with Crippen molar-refractivity contribution >= 4 is 39.9 Å². The topological polar surface area (TPSA) is 50.7 Å². The Morgan fingerprint density at radius 1 is 1.44 bits per heavy atom. The fourth-order valence-corrected chi connectivity index (χ4v) is 2.22. The molecule has 0 saturated carbocycles. The van der Waals surface area contributed by atoms with Crippen molar-refractivity contribution in [2.75, 3.05) is 11.9 Å². The molecule has 0 aliphatic heterocycles. The highest BCUT2D eigenvalue weighted by atomic mass is 35.5. The summed E-state index contributed by atoms with van der Waals surface area (Å²) in [7, 11) is 0. The van der Waals surface area contributed by atoms with Crippen molar-refractivity contribution in [3.8, 4) is 11.5 Å². The molecule has 4 nitrogen and oxygen atoms in total. The lowest BCUT2D eigenvalue weighted by atomic mass is 10.3. The predicted octanol–water partition coefficient (Wildman–Crippen LogP) is 3.34. The summed E-state index contributed by atoms with van der Waals surface area (Å²) < 4.78 is 4.17. The lowest BCUT2D eigenvalue weighted by Gasteiger charge is -1.98. The number of pyridine rings is 1. The minimum Gasteiger partial charge on any atom is -0.361 e. The third-order valence-electron chi connectivity index (χ3n) is 1.77. The zero-order valence-corrected chi connectivity index (χ0v) is 10.7. The van der Waals surface area contributed by atoms with Gasteiger partial charge in [-0.05, 0) is 13.0 Å². The van der Waals surface area contributed by atoms with Crippen molar-refractivity contribution < 1.29 is 0 Å². The Hall–Kier alpha value is -0.910. The lowest BCUT2D eigenvalue weighted by molar-refractivity contribution is 1.17. The lowest BCUT2D eigenvalue weighted by Crippen LogP contribution is -1.95. The van der Waals surface area contributed by atoms with Crippen molar-refractivity contribution in [3.63, 3.8) is 0 Å². The molecule has 0 radical (unpaired) electrons. The van der Waals surface area contributed by atoms with Crippen molar-refractivity contribution in [1.29, 1.82) is 0 Å². The second kappa shape index (κ2) is 4.95. The number of halogens is 2. The van der Waals surface area contributed by atoms with Gasteiger partial charge < -0.3 is 5.32 Å². The maximum absolute atomic E-state index is 6.01. The van der Waals surface area contributed by atoms with Gasteiger partial charge in [-0.3, -0.25) is 0 Å². The standard InChI is InChI=1S/C9H8Cl2N4S/c1-2-12-9-14-8(15-16-9)7-6(11)3-5(10)4-13-7/h3-4H,2H2,1H3,(H,12,14,15). The molecule has 0 spiro atoms. The van der Waals surface area contributed by atoms with Gasteiger partial charge in [-0.15, -0.1) is 0 Å². The molecule has 84 valence electrons. The fraction of sp³-hybridized carbons (Fsp3) is 0.222. The van der Waals surface area contributed by atoms with Crippen LogP contribution in [0.5, 0.6) is 0 Å². The van der Waals surface area contributed by atoms with Crippen LogP contribution in [0.3, 0.4) is 0 Å². The van der Waals surface area contributed by atoms with Crippen LogP contribution in [-0.4, -0.2) is 20.9 Å². The summed E-state index contributed by atoms with van der Waals surface area (Å²) in [6.07, 6.45) is 1.52. The van der Waals surface area contributed by atoms with Crippen LogP contribution in [0.4, 0.5) is 5.13 Å². The van der Waals surface area contributed by atoms with Crippen LogP contribution in [0.2, 0.25) is 10.0 Å². The first kappa shape index (κ1) is 11.6. The molecule has 0 aliphatic carbocycles. The first-order valence-electron chi connectivity index (χ1n) is 4.59. The molecule has 0 aliphatic rings. The predicted molar refractivity (Wildman–Crippen MR) is 67.3 cm³/mol. The average Bonchev–Trinajstić information content (AvgIpc) is 2.67. The van der Waals surface area contributed by atoms with Crippen LogP contribution in [0, 0.1) is 0 Å². The SMILES string of the molecule is CCNc1nc(-c2ncc(Cl)cc2Cl)ns1. The number of nitrogens with one attached hydrogen (secondary N) is 1. The largest absolute Gasteiger partial charge is 0.361 e. The molecule has 16 heavy (non-hydrogen) atoms. The van der Waals surface area contributed by atoms with E-state index in [0.29, 0.717) is 21.6 Å². The maximum Gasteiger partial charge on any atom is 0.202 e. The zero-order chi connectivity index (χ0) is 11.5. The van der Waals surface area contributed by atoms with E-state index in [9.17, 15) is 0 Å². The molecule has 2 aromatic heterocycles. The number of nitrogens with zero attached hydrogens (tertiary/aromatic N) is 3. The van der Waals surface area contributed by atoms with Gasteiger partial charge in [0.25, 0.3) is 0 Å². The minimum absolute atomic E-state index is 0.452. The molecule has 0 unspecified atom stereocenters. The molecular formula is C9H8Cl2N4S. The number of aromatic nitrogens is 3. The summed E-state index contributed by atoms with van der Waals surface area (Å²) in [6.45, 7) is 2.80. The molecule has 2 aromatic rings. The van der Waals surface area contributed by atoms with Crippen molar-refractivity contribution in [2.24, 2.45) is 0 Å². The Morgan fingerprint density at radius 3 is 2.94 bits per heavy atom. The maximum atomic E-state index is 6.01. The summed E-state index contributed by atoms with van der Waals surface area (Å²) in [5.74, 6) is 0.516. The van der Waals surface area contributed by atoms with Crippen LogP contribution in [0.15, 0.2) is 12.3 Å². The minimum atomic E-state index is 0.452. The third-order valence-corrected chi connectivity index (χ3v) is 2.94. The van der Waals surface area contributed by atoms with E-state index in [1.807, 2.05) is 6.92 Å². The van der Waals surface area contributed by atoms with E-state index in [0.717, 1.165) is 11.7 Å². The van der Waals surface area contributed by atoms with Gasteiger partial charge in [-0.2, -0.15) is 9.36 Å². The van der Waals surface area contributed by atoms with E-state index in [4.69, 9.17) is 23.2 Å². The first-order chi connectivity index (χ1) is 7.70. The van der Waals surface area contributed by atoms with E-state index in [1.54, 1.807) is 6.07 Å². The normalized spacial score (nSPS) is 10.4. The molecular weight excluding hydrogens is 267 g/mol. The van der Waals surface area contributed by atoms with Crippen LogP contribution < -0.4 is 5.32 Å². The van der Waals surface area contributed by atoms with Crippen molar-refractivity contribution in [1.82, 2.24) is 14.3 Å². The second-order valence-electron chi connectivity index (χ2n) is 2.94. The molecule has 0 fully saturated rings. The summed E-state index contributed by atoms with van der Waals surface area (Å²) in [6, 6.07) is 1.62. The summed E-state index contributed by atoms with van der Waals surface area (Å²) in [5.41, 5.74) is 0.548. The Labute approximate surface area is 107 Å². The molecule has 2 rings (SSSR count). The van der Waals surface area contributed by atoms with E-state index < -0.39 is 0 Å². The monoisotopic (exact) mass is 274 g/mol. The van der Waals surface area contributed by atoms with Gasteiger partial charge in [0.1, 0.15) is 5.69 Å². The highest BCUT2D eigenvalue weighted by Crippen LogP contribution is 2.27. The fourth-order valence-electron chi connectivity index (χ4n) is 1.12. The zero-order valence-electron chi connectivity index (χ0n) is 8.37. The van der Waals surface area contributed by atoms with Crippen LogP contribution in [0.1, 0.15) is 6.92 Å². The van der Waals surface area contributed by atoms with E-state index >= 15 is 0 Å². The molecule has 7 heteroatoms. The van der Waals surface area contributed by atoms with Crippen LogP contribution >= 0.6 is 34.7 Å². The Morgan fingerprint density at radius 2 is 2.25 bits per heavy atom. The highest BCUT2D eigenvalue weighted by molar-refractivity contribution is 7.09. The first-order valence-corrected chi connectivity index (χ1v) is 6.12. The number of rotatable bonds is 3. The van der Waals surface area contributed by atoms with Gasteiger partial charge in [-0.25, -0.2) is 4.98 Å². The molecule has 0 atom stereocenters. The highest BCUT2D eigenvalue weighted by Gasteiger charge is 2.11. The Balaban J connectivity index is 2.35. The number of hydrogen-bond donors (Lipinski definition) is 1. The summed E-state index contributed by atoms with van der Waals surface area (Å²) in [5, 5.41) is 4.78. The van der Waals surface area contributed by atoms with Crippen LogP contribution in [0.25, 0.3) is 11.5 Å². The average molecular weight is 275 g/mol. The van der Waals surface area contributed by atoms with Crippen molar-refractivity contribution in [2.45, 2.75) is 6.92 Å². The molecule has 0 bridgehead atoms. The Kier molecular flexibility index (Phi) is 3.58.